The maximum Gasteiger partial charge on any atom is 0.0292 e. The number of benzene rings is 1. The zero-order valence-electron chi connectivity index (χ0n) is 9.09. The van der Waals surface area contributed by atoms with Crippen LogP contribution in [-0.2, 0) is 0 Å². The third-order valence-corrected chi connectivity index (χ3v) is 2.34. The Bertz CT molecular complexity index is 291. The highest BCUT2D eigenvalue weighted by Gasteiger charge is 2.02. The van der Waals surface area contributed by atoms with Crippen LogP contribution in [0.2, 0.25) is 0 Å². The van der Waals surface area contributed by atoms with Crippen molar-refractivity contribution in [3.8, 4) is 0 Å². The number of aryl methyl sites for hydroxylation is 1. The van der Waals surface area contributed by atoms with E-state index in [-0.39, 0.29) is 0 Å². The van der Waals surface area contributed by atoms with Crippen molar-refractivity contribution in [2.24, 2.45) is 0 Å². The molecule has 0 amide bonds. The van der Waals surface area contributed by atoms with Gasteiger partial charge >= 0.3 is 0 Å². The van der Waals surface area contributed by atoms with E-state index in [0.29, 0.717) is 6.04 Å². The van der Waals surface area contributed by atoms with E-state index in [0.717, 1.165) is 13.0 Å². The highest BCUT2D eigenvalue weighted by Crippen LogP contribution is 2.13. The first-order valence-electron chi connectivity index (χ1n) is 5.15. The smallest absolute Gasteiger partial charge is 0.0292 e. The van der Waals surface area contributed by atoms with Crippen LogP contribution in [-0.4, -0.2) is 6.54 Å². The molecule has 1 nitrogen and oxygen atoms in total. The molecule has 0 heterocycles. The molecule has 1 N–H and O–H groups in total. The van der Waals surface area contributed by atoms with E-state index in [1.165, 1.54) is 11.1 Å². The average Bonchev–Trinajstić information content (AvgIpc) is 2.18. The minimum atomic E-state index is 0.426. The van der Waals surface area contributed by atoms with Crippen molar-refractivity contribution in [2.75, 3.05) is 6.54 Å². The van der Waals surface area contributed by atoms with Gasteiger partial charge in [0, 0.05) is 6.04 Å². The van der Waals surface area contributed by atoms with Gasteiger partial charge in [0.1, 0.15) is 0 Å². The molecule has 0 aliphatic carbocycles. The van der Waals surface area contributed by atoms with Crippen LogP contribution in [0.3, 0.4) is 0 Å². The first-order chi connectivity index (χ1) is 6.74. The summed E-state index contributed by atoms with van der Waals surface area (Å²) in [6.45, 7) is 9.02. The van der Waals surface area contributed by atoms with E-state index in [4.69, 9.17) is 0 Å². The molecule has 0 radical (unpaired) electrons. The molecular formula is C13H19N. The van der Waals surface area contributed by atoms with Crippen molar-refractivity contribution >= 4 is 0 Å². The second-order valence-electron chi connectivity index (χ2n) is 3.67. The van der Waals surface area contributed by atoms with Crippen LogP contribution < -0.4 is 5.32 Å². The Balaban J connectivity index is 2.51. The summed E-state index contributed by atoms with van der Waals surface area (Å²) >= 11 is 0. The molecule has 0 fully saturated rings. The fraction of sp³-hybridized carbons (Fsp3) is 0.385. The molecule has 0 saturated carbocycles. The molecule has 1 aromatic rings. The average molecular weight is 189 g/mol. The summed E-state index contributed by atoms with van der Waals surface area (Å²) in [5, 5.41) is 3.46. The van der Waals surface area contributed by atoms with E-state index < -0.39 is 0 Å². The standard InChI is InChI=1S/C13H19N/c1-4-5-9-14-12(3)13-8-6-7-11(2)10-13/h4,6-8,10,12,14H,1,5,9H2,2-3H3. The Morgan fingerprint density at radius 2 is 2.29 bits per heavy atom. The summed E-state index contributed by atoms with van der Waals surface area (Å²) in [7, 11) is 0. The van der Waals surface area contributed by atoms with Gasteiger partial charge in [0.05, 0.1) is 0 Å². The maximum atomic E-state index is 3.70. The van der Waals surface area contributed by atoms with Gasteiger partial charge in [-0.1, -0.05) is 35.9 Å². The van der Waals surface area contributed by atoms with Crippen molar-refractivity contribution in [3.05, 3.63) is 48.0 Å². The van der Waals surface area contributed by atoms with E-state index in [1.54, 1.807) is 0 Å². The van der Waals surface area contributed by atoms with Crippen molar-refractivity contribution in [3.63, 3.8) is 0 Å². The Labute approximate surface area is 86.8 Å². The summed E-state index contributed by atoms with van der Waals surface area (Å²) in [5.41, 5.74) is 2.67. The zero-order valence-corrected chi connectivity index (χ0v) is 9.09. The van der Waals surface area contributed by atoms with Gasteiger partial charge in [-0.3, -0.25) is 0 Å². The second kappa shape index (κ2) is 5.61. The van der Waals surface area contributed by atoms with Crippen molar-refractivity contribution in [1.29, 1.82) is 0 Å². The highest BCUT2D eigenvalue weighted by atomic mass is 14.9. The number of rotatable bonds is 5. The van der Waals surface area contributed by atoms with E-state index in [2.05, 4.69) is 50.0 Å². The summed E-state index contributed by atoms with van der Waals surface area (Å²) in [6, 6.07) is 9.05. The van der Waals surface area contributed by atoms with Crippen LogP contribution in [0.25, 0.3) is 0 Å². The monoisotopic (exact) mass is 189 g/mol. The Morgan fingerprint density at radius 1 is 1.50 bits per heavy atom. The fourth-order valence-electron chi connectivity index (χ4n) is 1.46. The van der Waals surface area contributed by atoms with E-state index >= 15 is 0 Å². The number of nitrogens with one attached hydrogen (secondary N) is 1. The fourth-order valence-corrected chi connectivity index (χ4v) is 1.46. The molecule has 1 atom stereocenters. The highest BCUT2D eigenvalue weighted by molar-refractivity contribution is 5.24. The first kappa shape index (κ1) is 11.0. The zero-order chi connectivity index (χ0) is 10.4. The molecule has 0 saturated heterocycles. The molecule has 0 bridgehead atoms. The maximum absolute atomic E-state index is 3.70. The summed E-state index contributed by atoms with van der Waals surface area (Å²) in [4.78, 5) is 0. The van der Waals surface area contributed by atoms with Gasteiger partial charge in [-0.2, -0.15) is 0 Å². The van der Waals surface area contributed by atoms with Gasteiger partial charge in [0.25, 0.3) is 0 Å². The quantitative estimate of drug-likeness (QED) is 0.554. The Kier molecular flexibility index (Phi) is 4.41. The third-order valence-electron chi connectivity index (χ3n) is 2.34. The van der Waals surface area contributed by atoms with Crippen LogP contribution >= 0.6 is 0 Å². The predicted molar refractivity (Wildman–Crippen MR) is 62.4 cm³/mol. The molecule has 76 valence electrons. The van der Waals surface area contributed by atoms with Crippen molar-refractivity contribution in [2.45, 2.75) is 26.3 Å². The normalized spacial score (nSPS) is 12.4. The molecule has 1 heteroatoms. The van der Waals surface area contributed by atoms with Crippen molar-refractivity contribution in [1.82, 2.24) is 5.32 Å². The van der Waals surface area contributed by atoms with Gasteiger partial charge in [-0.15, -0.1) is 6.58 Å². The number of hydrogen-bond donors (Lipinski definition) is 1. The minimum Gasteiger partial charge on any atom is -0.310 e. The van der Waals surface area contributed by atoms with Crippen LogP contribution in [0.15, 0.2) is 36.9 Å². The summed E-state index contributed by atoms with van der Waals surface area (Å²) in [6.07, 6.45) is 2.96. The Morgan fingerprint density at radius 3 is 2.93 bits per heavy atom. The van der Waals surface area contributed by atoms with Gasteiger partial charge < -0.3 is 5.32 Å². The number of hydrogen-bond acceptors (Lipinski definition) is 1. The molecule has 0 aliphatic rings. The third kappa shape index (κ3) is 3.35. The molecule has 0 aliphatic heterocycles. The molecule has 1 aromatic carbocycles. The second-order valence-corrected chi connectivity index (χ2v) is 3.67. The predicted octanol–water partition coefficient (Wildman–Crippen LogP) is 3.22. The molecular weight excluding hydrogens is 170 g/mol. The van der Waals surface area contributed by atoms with Gasteiger partial charge in [0.15, 0.2) is 0 Å². The van der Waals surface area contributed by atoms with Gasteiger partial charge in [-0.05, 0) is 32.4 Å². The minimum absolute atomic E-state index is 0.426. The van der Waals surface area contributed by atoms with Crippen LogP contribution in [0.4, 0.5) is 0 Å². The lowest BCUT2D eigenvalue weighted by molar-refractivity contribution is 0.581. The summed E-state index contributed by atoms with van der Waals surface area (Å²) in [5.74, 6) is 0. The summed E-state index contributed by atoms with van der Waals surface area (Å²) < 4.78 is 0. The van der Waals surface area contributed by atoms with Gasteiger partial charge in [0.2, 0.25) is 0 Å². The molecule has 0 aromatic heterocycles. The lowest BCUT2D eigenvalue weighted by Crippen LogP contribution is -2.19. The molecule has 1 unspecified atom stereocenters. The van der Waals surface area contributed by atoms with E-state index in [1.807, 2.05) is 6.08 Å². The largest absolute Gasteiger partial charge is 0.310 e. The Hall–Kier alpha value is -1.08. The van der Waals surface area contributed by atoms with Crippen molar-refractivity contribution < 1.29 is 0 Å². The van der Waals surface area contributed by atoms with Crippen LogP contribution in [0.5, 0.6) is 0 Å². The molecule has 14 heavy (non-hydrogen) atoms. The lowest BCUT2D eigenvalue weighted by atomic mass is 10.1. The first-order valence-corrected chi connectivity index (χ1v) is 5.15. The van der Waals surface area contributed by atoms with E-state index in [9.17, 15) is 0 Å². The lowest BCUT2D eigenvalue weighted by Gasteiger charge is -2.13. The molecule has 0 spiro atoms. The van der Waals surface area contributed by atoms with Crippen LogP contribution in [0, 0.1) is 6.92 Å². The topological polar surface area (TPSA) is 12.0 Å². The van der Waals surface area contributed by atoms with Gasteiger partial charge in [-0.25, -0.2) is 0 Å². The SMILES string of the molecule is C=CCCNC(C)c1cccc(C)c1. The van der Waals surface area contributed by atoms with Crippen LogP contribution in [0.1, 0.15) is 30.5 Å². The molecule has 1 rings (SSSR count).